The number of rotatable bonds is 7. The van der Waals surface area contributed by atoms with Crippen molar-refractivity contribution in [3.8, 4) is 0 Å². The van der Waals surface area contributed by atoms with Crippen molar-refractivity contribution in [2.24, 2.45) is 5.92 Å². The van der Waals surface area contributed by atoms with E-state index in [2.05, 4.69) is 41.1 Å². The zero-order chi connectivity index (χ0) is 13.0. The molecule has 1 aliphatic carbocycles. The van der Waals surface area contributed by atoms with Gasteiger partial charge in [0.2, 0.25) is 0 Å². The lowest BCUT2D eigenvalue weighted by molar-refractivity contribution is 0.555. The summed E-state index contributed by atoms with van der Waals surface area (Å²) in [6, 6.07) is 0.720. The average Bonchev–Trinajstić information content (AvgIpc) is 3.20. The van der Waals surface area contributed by atoms with Gasteiger partial charge in [-0.1, -0.05) is 20.3 Å². The summed E-state index contributed by atoms with van der Waals surface area (Å²) in [7, 11) is 2.12. The summed E-state index contributed by atoms with van der Waals surface area (Å²) in [5, 5.41) is 3.53. The van der Waals surface area contributed by atoms with E-state index in [0.29, 0.717) is 5.92 Å². The highest BCUT2D eigenvalue weighted by Crippen LogP contribution is 2.21. The van der Waals surface area contributed by atoms with Crippen molar-refractivity contribution >= 4 is 5.82 Å². The largest absolute Gasteiger partial charge is 0.359 e. The Morgan fingerprint density at radius 3 is 2.94 bits per heavy atom. The van der Waals surface area contributed by atoms with Gasteiger partial charge in [-0.05, 0) is 18.8 Å². The van der Waals surface area contributed by atoms with E-state index in [1.807, 2.05) is 6.20 Å². The minimum Gasteiger partial charge on any atom is -0.359 e. The Labute approximate surface area is 110 Å². The van der Waals surface area contributed by atoms with E-state index in [9.17, 15) is 0 Å². The number of anilines is 1. The molecule has 0 amide bonds. The molecule has 1 atom stereocenters. The molecule has 0 spiro atoms. The number of nitrogens with zero attached hydrogens (tertiary/aromatic N) is 3. The molecule has 100 valence electrons. The molecule has 1 saturated carbocycles. The van der Waals surface area contributed by atoms with Crippen molar-refractivity contribution in [1.29, 1.82) is 0 Å². The van der Waals surface area contributed by atoms with Crippen LogP contribution < -0.4 is 10.2 Å². The monoisotopic (exact) mass is 248 g/mol. The summed E-state index contributed by atoms with van der Waals surface area (Å²) in [6.07, 6.45) is 7.40. The molecule has 1 aliphatic rings. The molecule has 1 unspecified atom stereocenters. The molecule has 1 heterocycles. The molecule has 0 aromatic carbocycles. The van der Waals surface area contributed by atoms with Gasteiger partial charge in [0, 0.05) is 37.9 Å². The van der Waals surface area contributed by atoms with Crippen LogP contribution in [0, 0.1) is 5.92 Å². The Balaban J connectivity index is 2.00. The van der Waals surface area contributed by atoms with E-state index in [-0.39, 0.29) is 0 Å². The van der Waals surface area contributed by atoms with Crippen LogP contribution in [0.3, 0.4) is 0 Å². The van der Waals surface area contributed by atoms with Crippen LogP contribution in [0.25, 0.3) is 0 Å². The van der Waals surface area contributed by atoms with Gasteiger partial charge in [0.25, 0.3) is 0 Å². The number of hydrogen-bond acceptors (Lipinski definition) is 4. The highest BCUT2D eigenvalue weighted by Gasteiger charge is 2.21. The van der Waals surface area contributed by atoms with Crippen LogP contribution in [0.4, 0.5) is 5.82 Å². The Bertz CT molecular complexity index is 376. The van der Waals surface area contributed by atoms with Crippen LogP contribution >= 0.6 is 0 Å². The minimum atomic E-state index is 0.689. The molecule has 0 bridgehead atoms. The van der Waals surface area contributed by atoms with Crippen LogP contribution in [0.1, 0.15) is 38.7 Å². The van der Waals surface area contributed by atoms with Gasteiger partial charge >= 0.3 is 0 Å². The topological polar surface area (TPSA) is 41.1 Å². The maximum atomic E-state index is 4.44. The maximum Gasteiger partial charge on any atom is 0.136 e. The van der Waals surface area contributed by atoms with Gasteiger partial charge < -0.3 is 10.2 Å². The van der Waals surface area contributed by atoms with Gasteiger partial charge in [-0.2, -0.15) is 0 Å². The molecule has 1 aromatic rings. The van der Waals surface area contributed by atoms with Gasteiger partial charge in [0.05, 0.1) is 0 Å². The molecule has 4 heteroatoms. The van der Waals surface area contributed by atoms with Gasteiger partial charge in [0.15, 0.2) is 0 Å². The Kier molecular flexibility index (Phi) is 4.53. The lowest BCUT2D eigenvalue weighted by atomic mass is 10.1. The molecule has 1 N–H and O–H groups in total. The number of hydrogen-bond donors (Lipinski definition) is 1. The van der Waals surface area contributed by atoms with Crippen LogP contribution in [0.5, 0.6) is 0 Å². The summed E-state index contributed by atoms with van der Waals surface area (Å²) >= 11 is 0. The standard InChI is InChI=1S/C14H24N4/c1-4-11(2)9-18(3)14-12(7-15-10-17-14)8-16-13-5-6-13/h7,10-11,13,16H,4-6,8-9H2,1-3H3. The van der Waals surface area contributed by atoms with Gasteiger partial charge in [0.1, 0.15) is 12.1 Å². The van der Waals surface area contributed by atoms with Crippen LogP contribution in [0.2, 0.25) is 0 Å². The molecular weight excluding hydrogens is 224 g/mol. The predicted octanol–water partition coefficient (Wildman–Crippen LogP) is 2.21. The van der Waals surface area contributed by atoms with Gasteiger partial charge in [-0.25, -0.2) is 9.97 Å². The Hall–Kier alpha value is -1.16. The van der Waals surface area contributed by atoms with Crippen molar-refractivity contribution < 1.29 is 0 Å². The molecule has 0 radical (unpaired) electrons. The SMILES string of the molecule is CCC(C)CN(C)c1ncncc1CNC1CC1. The first kappa shape index (κ1) is 13.3. The first-order valence-electron chi connectivity index (χ1n) is 6.94. The molecule has 0 saturated heterocycles. The van der Waals surface area contributed by atoms with Crippen molar-refractivity contribution in [3.63, 3.8) is 0 Å². The second-order valence-corrected chi connectivity index (χ2v) is 5.42. The molecule has 1 fully saturated rings. The fourth-order valence-electron chi connectivity index (χ4n) is 2.05. The summed E-state index contributed by atoms with van der Waals surface area (Å²) in [6.45, 7) is 6.43. The van der Waals surface area contributed by atoms with Crippen molar-refractivity contribution in [2.45, 2.75) is 45.7 Å². The third-order valence-corrected chi connectivity index (χ3v) is 3.57. The van der Waals surface area contributed by atoms with Crippen LogP contribution in [-0.2, 0) is 6.54 Å². The molecule has 1 aromatic heterocycles. The van der Waals surface area contributed by atoms with Crippen molar-refractivity contribution in [2.75, 3.05) is 18.5 Å². The summed E-state index contributed by atoms with van der Waals surface area (Å²) < 4.78 is 0. The number of aromatic nitrogens is 2. The molecular formula is C14H24N4. The van der Waals surface area contributed by atoms with E-state index in [0.717, 1.165) is 24.9 Å². The third-order valence-electron chi connectivity index (χ3n) is 3.57. The summed E-state index contributed by atoms with van der Waals surface area (Å²) in [4.78, 5) is 10.8. The first-order chi connectivity index (χ1) is 8.70. The highest BCUT2D eigenvalue weighted by atomic mass is 15.2. The van der Waals surface area contributed by atoms with Crippen molar-refractivity contribution in [3.05, 3.63) is 18.1 Å². The second-order valence-electron chi connectivity index (χ2n) is 5.42. The Morgan fingerprint density at radius 1 is 1.50 bits per heavy atom. The fourth-order valence-corrected chi connectivity index (χ4v) is 2.05. The minimum absolute atomic E-state index is 0.689. The van der Waals surface area contributed by atoms with Crippen LogP contribution in [-0.4, -0.2) is 29.6 Å². The zero-order valence-electron chi connectivity index (χ0n) is 11.7. The normalized spacial score (nSPS) is 16.6. The molecule has 0 aliphatic heterocycles. The Morgan fingerprint density at radius 2 is 2.28 bits per heavy atom. The summed E-state index contributed by atoms with van der Waals surface area (Å²) in [5.41, 5.74) is 1.20. The zero-order valence-corrected chi connectivity index (χ0v) is 11.7. The fraction of sp³-hybridized carbons (Fsp3) is 0.714. The summed E-state index contributed by atoms with van der Waals surface area (Å²) in [5.74, 6) is 1.76. The molecule has 4 nitrogen and oxygen atoms in total. The lowest BCUT2D eigenvalue weighted by Gasteiger charge is -2.23. The average molecular weight is 248 g/mol. The first-order valence-corrected chi connectivity index (χ1v) is 6.94. The quantitative estimate of drug-likeness (QED) is 0.803. The van der Waals surface area contributed by atoms with E-state index in [1.54, 1.807) is 6.33 Å². The van der Waals surface area contributed by atoms with Crippen molar-refractivity contribution in [1.82, 2.24) is 15.3 Å². The van der Waals surface area contributed by atoms with E-state index >= 15 is 0 Å². The lowest BCUT2D eigenvalue weighted by Crippen LogP contribution is -2.27. The van der Waals surface area contributed by atoms with Gasteiger partial charge in [-0.15, -0.1) is 0 Å². The maximum absolute atomic E-state index is 4.44. The van der Waals surface area contributed by atoms with E-state index < -0.39 is 0 Å². The predicted molar refractivity (Wildman–Crippen MR) is 74.6 cm³/mol. The molecule has 18 heavy (non-hydrogen) atoms. The van der Waals surface area contributed by atoms with E-state index in [1.165, 1.54) is 24.8 Å². The third kappa shape index (κ3) is 3.67. The molecule has 2 rings (SSSR count). The highest BCUT2D eigenvalue weighted by molar-refractivity contribution is 5.44. The second kappa shape index (κ2) is 6.14. The van der Waals surface area contributed by atoms with E-state index in [4.69, 9.17) is 0 Å². The van der Waals surface area contributed by atoms with Gasteiger partial charge in [-0.3, -0.25) is 0 Å². The number of nitrogens with one attached hydrogen (secondary N) is 1. The smallest absolute Gasteiger partial charge is 0.136 e. The van der Waals surface area contributed by atoms with Crippen LogP contribution in [0.15, 0.2) is 12.5 Å².